The van der Waals surface area contributed by atoms with Crippen LogP contribution in [0.2, 0.25) is 0 Å². The third-order valence-corrected chi connectivity index (χ3v) is 4.13. The highest BCUT2D eigenvalue weighted by Crippen LogP contribution is 2.22. The van der Waals surface area contributed by atoms with Gasteiger partial charge < -0.3 is 15.2 Å². The number of hydrogen-bond donors (Lipinski definition) is 2. The maximum Gasteiger partial charge on any atom is 0.258 e. The molecule has 1 aromatic carbocycles. The summed E-state index contributed by atoms with van der Waals surface area (Å²) in [4.78, 5) is 20.5. The Bertz CT molecular complexity index is 936. The minimum absolute atomic E-state index is 0.0299. The number of amides is 1. The van der Waals surface area contributed by atoms with Crippen LogP contribution in [0.1, 0.15) is 50.9 Å². The third kappa shape index (κ3) is 5.16. The molecule has 0 aliphatic rings. The Hall–Kier alpha value is -3.22. The van der Waals surface area contributed by atoms with Crippen LogP contribution in [0.15, 0.2) is 47.1 Å². The molecule has 28 heavy (non-hydrogen) atoms. The van der Waals surface area contributed by atoms with Crippen molar-refractivity contribution in [3.05, 3.63) is 54.0 Å². The van der Waals surface area contributed by atoms with Gasteiger partial charge in [-0.15, -0.1) is 0 Å². The van der Waals surface area contributed by atoms with Gasteiger partial charge in [0.2, 0.25) is 5.91 Å². The number of rotatable bonds is 8. The summed E-state index contributed by atoms with van der Waals surface area (Å²) in [5, 5.41) is 10.2. The second-order valence-electron chi connectivity index (χ2n) is 6.89. The Balaban J connectivity index is 1.65. The van der Waals surface area contributed by atoms with Crippen molar-refractivity contribution in [3.8, 4) is 11.5 Å². The van der Waals surface area contributed by atoms with Gasteiger partial charge in [0.25, 0.3) is 5.89 Å². The van der Waals surface area contributed by atoms with Crippen molar-refractivity contribution in [2.75, 3.05) is 10.6 Å². The van der Waals surface area contributed by atoms with Crippen molar-refractivity contribution >= 4 is 17.4 Å². The van der Waals surface area contributed by atoms with Crippen molar-refractivity contribution < 1.29 is 9.32 Å². The lowest BCUT2D eigenvalue weighted by atomic mass is 10.2. The molecule has 0 saturated heterocycles. The fraction of sp³-hybridized carbons (Fsp3) is 0.333. The Labute approximate surface area is 164 Å². The molecule has 0 atom stereocenters. The summed E-state index contributed by atoms with van der Waals surface area (Å²) in [6.07, 6.45) is 3.06. The summed E-state index contributed by atoms with van der Waals surface area (Å²) >= 11 is 0. The predicted octanol–water partition coefficient (Wildman–Crippen LogP) is 4.61. The van der Waals surface area contributed by atoms with E-state index >= 15 is 0 Å². The molecule has 1 amide bonds. The molecule has 3 rings (SSSR count). The molecule has 146 valence electrons. The van der Waals surface area contributed by atoms with Gasteiger partial charge in [-0.1, -0.05) is 38.1 Å². The van der Waals surface area contributed by atoms with Crippen molar-refractivity contribution in [2.45, 2.75) is 46.1 Å². The average Bonchev–Trinajstić information content (AvgIpc) is 3.18. The largest absolute Gasteiger partial charge is 0.366 e. The van der Waals surface area contributed by atoms with E-state index in [9.17, 15) is 4.79 Å². The van der Waals surface area contributed by atoms with Crippen molar-refractivity contribution in [1.29, 1.82) is 0 Å². The van der Waals surface area contributed by atoms with Gasteiger partial charge in [-0.25, -0.2) is 4.98 Å². The number of benzene rings is 1. The topological polar surface area (TPSA) is 92.9 Å². The number of carbonyl (C=O) groups excluding carboxylic acids is 1. The number of hydrogen-bond acceptors (Lipinski definition) is 6. The van der Waals surface area contributed by atoms with Crippen LogP contribution in [-0.4, -0.2) is 21.0 Å². The molecule has 7 nitrogen and oxygen atoms in total. The van der Waals surface area contributed by atoms with Crippen molar-refractivity contribution in [2.24, 2.45) is 0 Å². The first-order valence-electron chi connectivity index (χ1n) is 9.48. The number of aromatic nitrogens is 3. The molecule has 2 N–H and O–H groups in total. The van der Waals surface area contributed by atoms with Crippen LogP contribution in [0, 0.1) is 0 Å². The number of pyridine rings is 1. The van der Waals surface area contributed by atoms with E-state index in [-0.39, 0.29) is 11.8 Å². The molecule has 0 fully saturated rings. The summed E-state index contributed by atoms with van der Waals surface area (Å²) < 4.78 is 5.35. The second-order valence-corrected chi connectivity index (χ2v) is 6.89. The minimum atomic E-state index is 0.0299. The monoisotopic (exact) mass is 379 g/mol. The first kappa shape index (κ1) is 19.5. The first-order valence-corrected chi connectivity index (χ1v) is 9.48. The molecule has 0 aliphatic heterocycles. The van der Waals surface area contributed by atoms with Gasteiger partial charge >= 0.3 is 0 Å². The molecular weight excluding hydrogens is 354 g/mol. The SMILES string of the molecule is CCCC(=O)Nc1cccc(CNc2cc(-c3nc(C(C)C)no3)ccn2)c1. The molecule has 0 bridgehead atoms. The minimum Gasteiger partial charge on any atom is -0.366 e. The van der Waals surface area contributed by atoms with Crippen LogP contribution in [0.4, 0.5) is 11.5 Å². The zero-order valence-electron chi connectivity index (χ0n) is 16.4. The molecule has 0 spiro atoms. The molecular formula is C21H25N5O2. The zero-order valence-corrected chi connectivity index (χ0v) is 16.4. The van der Waals surface area contributed by atoms with Gasteiger partial charge in [0.05, 0.1) is 0 Å². The van der Waals surface area contributed by atoms with Gasteiger partial charge in [-0.3, -0.25) is 4.79 Å². The summed E-state index contributed by atoms with van der Waals surface area (Å²) in [6.45, 7) is 6.61. The number of anilines is 2. The summed E-state index contributed by atoms with van der Waals surface area (Å²) in [5.74, 6) is 2.12. The number of carbonyl (C=O) groups is 1. The van der Waals surface area contributed by atoms with E-state index in [0.717, 1.165) is 23.2 Å². The standard InChI is InChI=1S/C21H25N5O2/c1-4-6-19(27)24-17-8-5-7-15(11-17)13-23-18-12-16(9-10-22-18)21-25-20(14(2)3)26-28-21/h5,7-12,14H,4,6,13H2,1-3H3,(H,22,23)(H,24,27). The number of nitrogens with one attached hydrogen (secondary N) is 2. The van der Waals surface area contributed by atoms with E-state index in [1.165, 1.54) is 0 Å². The lowest BCUT2D eigenvalue weighted by Gasteiger charge is -2.09. The summed E-state index contributed by atoms with van der Waals surface area (Å²) in [6, 6.07) is 11.5. The summed E-state index contributed by atoms with van der Waals surface area (Å²) in [7, 11) is 0. The lowest BCUT2D eigenvalue weighted by Crippen LogP contribution is -2.11. The van der Waals surface area contributed by atoms with E-state index in [1.807, 2.05) is 57.2 Å². The van der Waals surface area contributed by atoms with E-state index in [0.29, 0.717) is 30.5 Å². The second kappa shape index (κ2) is 9.12. The quantitative estimate of drug-likeness (QED) is 0.594. The van der Waals surface area contributed by atoms with Crippen LogP contribution in [0.5, 0.6) is 0 Å². The first-order chi connectivity index (χ1) is 13.5. The number of nitrogens with zero attached hydrogens (tertiary/aromatic N) is 3. The van der Waals surface area contributed by atoms with Gasteiger partial charge in [-0.05, 0) is 36.2 Å². The molecule has 2 heterocycles. The molecule has 0 radical (unpaired) electrons. The predicted molar refractivity (Wildman–Crippen MR) is 109 cm³/mol. The zero-order chi connectivity index (χ0) is 19.9. The van der Waals surface area contributed by atoms with Crippen LogP contribution < -0.4 is 10.6 Å². The third-order valence-electron chi connectivity index (χ3n) is 4.13. The fourth-order valence-corrected chi connectivity index (χ4v) is 2.65. The molecule has 0 saturated carbocycles. The highest BCUT2D eigenvalue weighted by Gasteiger charge is 2.12. The highest BCUT2D eigenvalue weighted by atomic mass is 16.5. The van der Waals surface area contributed by atoms with Gasteiger partial charge in [0, 0.05) is 36.3 Å². The van der Waals surface area contributed by atoms with Crippen LogP contribution in [0.3, 0.4) is 0 Å². The maximum atomic E-state index is 11.8. The normalized spacial score (nSPS) is 10.9. The van der Waals surface area contributed by atoms with Crippen molar-refractivity contribution in [1.82, 2.24) is 15.1 Å². The molecule has 3 aromatic rings. The van der Waals surface area contributed by atoms with Crippen LogP contribution in [-0.2, 0) is 11.3 Å². The van der Waals surface area contributed by atoms with Gasteiger partial charge in [0.15, 0.2) is 5.82 Å². The Morgan fingerprint density at radius 1 is 1.21 bits per heavy atom. The van der Waals surface area contributed by atoms with E-state index in [1.54, 1.807) is 6.20 Å². The van der Waals surface area contributed by atoms with E-state index in [2.05, 4.69) is 25.8 Å². The Morgan fingerprint density at radius 3 is 2.82 bits per heavy atom. The smallest absolute Gasteiger partial charge is 0.258 e. The molecule has 0 unspecified atom stereocenters. The lowest BCUT2D eigenvalue weighted by molar-refractivity contribution is -0.116. The fourth-order valence-electron chi connectivity index (χ4n) is 2.65. The van der Waals surface area contributed by atoms with Crippen LogP contribution in [0.25, 0.3) is 11.5 Å². The average molecular weight is 379 g/mol. The van der Waals surface area contributed by atoms with Gasteiger partial charge in [0.1, 0.15) is 5.82 Å². The van der Waals surface area contributed by atoms with Gasteiger partial charge in [-0.2, -0.15) is 4.98 Å². The molecule has 0 aliphatic carbocycles. The Morgan fingerprint density at radius 2 is 2.07 bits per heavy atom. The van der Waals surface area contributed by atoms with Crippen LogP contribution >= 0.6 is 0 Å². The molecule has 7 heteroatoms. The Kier molecular flexibility index (Phi) is 6.37. The molecule has 2 aromatic heterocycles. The summed E-state index contributed by atoms with van der Waals surface area (Å²) in [5.41, 5.74) is 2.66. The highest BCUT2D eigenvalue weighted by molar-refractivity contribution is 5.90. The maximum absolute atomic E-state index is 11.8. The van der Waals surface area contributed by atoms with E-state index in [4.69, 9.17) is 4.52 Å². The van der Waals surface area contributed by atoms with Crippen molar-refractivity contribution in [3.63, 3.8) is 0 Å². The van der Waals surface area contributed by atoms with E-state index < -0.39 is 0 Å².